The van der Waals surface area contributed by atoms with Gasteiger partial charge in [0.05, 0.1) is 32.6 Å². The normalized spacial score (nSPS) is 13.5. The number of imide groups is 1. The Bertz CT molecular complexity index is 1050. The van der Waals surface area contributed by atoms with E-state index in [1.807, 2.05) is 0 Å². The quantitative estimate of drug-likeness (QED) is 0.509. The van der Waals surface area contributed by atoms with Crippen molar-refractivity contribution in [1.82, 2.24) is 4.90 Å². The molecule has 0 atom stereocenters. The summed E-state index contributed by atoms with van der Waals surface area (Å²) in [7, 11) is 4.52. The molecular weight excluding hydrogens is 408 g/mol. The molecular formula is C22H21ClN2O5. The van der Waals surface area contributed by atoms with E-state index in [2.05, 4.69) is 11.9 Å². The number of halogens is 1. The van der Waals surface area contributed by atoms with E-state index in [0.717, 1.165) is 4.90 Å². The van der Waals surface area contributed by atoms with E-state index >= 15 is 0 Å². The first-order valence-electron chi connectivity index (χ1n) is 8.99. The Labute approximate surface area is 179 Å². The second kappa shape index (κ2) is 8.92. The predicted octanol–water partition coefficient (Wildman–Crippen LogP) is 3.74. The Kier molecular flexibility index (Phi) is 6.32. The molecule has 1 heterocycles. The lowest BCUT2D eigenvalue weighted by Crippen LogP contribution is -2.32. The molecule has 0 unspecified atom stereocenters. The van der Waals surface area contributed by atoms with Gasteiger partial charge in [-0.2, -0.15) is 0 Å². The third-order valence-electron chi connectivity index (χ3n) is 4.57. The molecule has 0 saturated heterocycles. The zero-order valence-corrected chi connectivity index (χ0v) is 17.6. The largest absolute Gasteiger partial charge is 0.495 e. The first-order valence-corrected chi connectivity index (χ1v) is 9.37. The van der Waals surface area contributed by atoms with Gasteiger partial charge in [-0.05, 0) is 35.9 Å². The zero-order valence-electron chi connectivity index (χ0n) is 16.8. The van der Waals surface area contributed by atoms with Gasteiger partial charge in [-0.15, -0.1) is 6.58 Å². The maximum atomic E-state index is 13.1. The first kappa shape index (κ1) is 21.3. The average molecular weight is 429 g/mol. The van der Waals surface area contributed by atoms with Crippen LogP contribution in [-0.2, 0) is 9.59 Å². The van der Waals surface area contributed by atoms with Crippen molar-refractivity contribution in [2.75, 3.05) is 33.2 Å². The summed E-state index contributed by atoms with van der Waals surface area (Å²) in [5, 5.41) is 3.49. The monoisotopic (exact) mass is 428 g/mol. The van der Waals surface area contributed by atoms with Gasteiger partial charge in [0.25, 0.3) is 11.8 Å². The van der Waals surface area contributed by atoms with Crippen LogP contribution in [0.3, 0.4) is 0 Å². The lowest BCUT2D eigenvalue weighted by Gasteiger charge is -2.14. The Morgan fingerprint density at radius 2 is 1.63 bits per heavy atom. The molecule has 156 valence electrons. The van der Waals surface area contributed by atoms with Gasteiger partial charge in [-0.1, -0.05) is 23.7 Å². The smallest absolute Gasteiger partial charge is 0.278 e. The average Bonchev–Trinajstić information content (AvgIpc) is 2.98. The van der Waals surface area contributed by atoms with Crippen molar-refractivity contribution in [3.8, 4) is 17.2 Å². The van der Waals surface area contributed by atoms with Crippen molar-refractivity contribution in [2.24, 2.45) is 0 Å². The number of benzene rings is 2. The maximum absolute atomic E-state index is 13.1. The number of anilines is 1. The highest BCUT2D eigenvalue weighted by Crippen LogP contribution is 2.37. The van der Waals surface area contributed by atoms with Crippen molar-refractivity contribution < 1.29 is 23.8 Å². The Hall–Kier alpha value is -3.45. The number of carbonyl (C=O) groups excluding carboxylic acids is 2. The molecule has 2 aromatic carbocycles. The highest BCUT2D eigenvalue weighted by atomic mass is 35.5. The number of methoxy groups -OCH3 is 3. The number of nitrogens with zero attached hydrogens (tertiary/aromatic N) is 1. The van der Waals surface area contributed by atoms with E-state index in [-0.39, 0.29) is 17.8 Å². The second-order valence-electron chi connectivity index (χ2n) is 6.30. The van der Waals surface area contributed by atoms with Crippen LogP contribution in [0.1, 0.15) is 5.56 Å². The van der Waals surface area contributed by atoms with Crippen LogP contribution in [-0.4, -0.2) is 44.6 Å². The van der Waals surface area contributed by atoms with Gasteiger partial charge in [-0.25, -0.2) is 0 Å². The predicted molar refractivity (Wildman–Crippen MR) is 115 cm³/mol. The van der Waals surface area contributed by atoms with Gasteiger partial charge in [0.2, 0.25) is 0 Å². The lowest BCUT2D eigenvalue weighted by molar-refractivity contribution is -0.136. The highest BCUT2D eigenvalue weighted by Gasteiger charge is 2.39. The standard InChI is InChI=1S/C22H21ClN2O5/c1-5-10-25-21(26)19(13-6-8-17(29-3)18(11-13)30-4)20(22(25)27)24-15-12-14(23)7-9-16(15)28-2/h5-9,11-12,24H,1,10H2,2-4H3. The zero-order chi connectivity index (χ0) is 21.8. The molecule has 0 radical (unpaired) electrons. The SMILES string of the molecule is C=CCN1C(=O)C(Nc2cc(Cl)ccc2OC)=C(c2ccc(OC)c(OC)c2)C1=O. The Balaban J connectivity index is 2.16. The lowest BCUT2D eigenvalue weighted by atomic mass is 10.0. The van der Waals surface area contributed by atoms with Crippen LogP contribution in [0.4, 0.5) is 5.69 Å². The fraction of sp³-hybridized carbons (Fsp3) is 0.182. The molecule has 1 aliphatic rings. The minimum atomic E-state index is -0.480. The summed E-state index contributed by atoms with van der Waals surface area (Å²) in [4.78, 5) is 27.3. The van der Waals surface area contributed by atoms with E-state index in [1.54, 1.807) is 36.4 Å². The molecule has 2 aromatic rings. The maximum Gasteiger partial charge on any atom is 0.278 e. The third kappa shape index (κ3) is 3.84. The van der Waals surface area contributed by atoms with Crippen LogP contribution in [0.5, 0.6) is 17.2 Å². The summed E-state index contributed by atoms with van der Waals surface area (Å²) in [5.41, 5.74) is 1.26. The van der Waals surface area contributed by atoms with E-state index < -0.39 is 11.8 Å². The van der Waals surface area contributed by atoms with Gasteiger partial charge in [0.1, 0.15) is 11.4 Å². The van der Waals surface area contributed by atoms with Gasteiger partial charge < -0.3 is 19.5 Å². The van der Waals surface area contributed by atoms with Gasteiger partial charge in [0, 0.05) is 11.6 Å². The molecule has 0 fully saturated rings. The summed E-state index contributed by atoms with van der Waals surface area (Å²) in [5.74, 6) is 0.487. The van der Waals surface area contributed by atoms with Crippen LogP contribution in [0.25, 0.3) is 5.57 Å². The topological polar surface area (TPSA) is 77.1 Å². The van der Waals surface area contributed by atoms with Crippen molar-refractivity contribution >= 4 is 34.7 Å². The summed E-state index contributed by atoms with van der Waals surface area (Å²) < 4.78 is 16.0. The number of carbonyl (C=O) groups is 2. The number of ether oxygens (including phenoxy) is 3. The van der Waals surface area contributed by atoms with Crippen molar-refractivity contribution in [3.63, 3.8) is 0 Å². The molecule has 2 amide bonds. The molecule has 1 aliphatic heterocycles. The minimum absolute atomic E-state index is 0.0757. The minimum Gasteiger partial charge on any atom is -0.495 e. The fourth-order valence-corrected chi connectivity index (χ4v) is 3.33. The summed E-state index contributed by atoms with van der Waals surface area (Å²) in [6.45, 7) is 3.71. The molecule has 3 rings (SSSR count). The van der Waals surface area contributed by atoms with E-state index in [4.69, 9.17) is 25.8 Å². The van der Waals surface area contributed by atoms with E-state index in [1.165, 1.54) is 27.4 Å². The first-order chi connectivity index (χ1) is 14.4. The van der Waals surface area contributed by atoms with Gasteiger partial charge in [0.15, 0.2) is 11.5 Å². The number of rotatable bonds is 8. The molecule has 0 spiro atoms. The number of nitrogens with one attached hydrogen (secondary N) is 1. The highest BCUT2D eigenvalue weighted by molar-refractivity contribution is 6.37. The van der Waals surface area contributed by atoms with Gasteiger partial charge >= 0.3 is 0 Å². The number of hydrogen-bond acceptors (Lipinski definition) is 6. The second-order valence-corrected chi connectivity index (χ2v) is 6.74. The Morgan fingerprint density at radius 3 is 2.27 bits per heavy atom. The number of hydrogen-bond donors (Lipinski definition) is 1. The van der Waals surface area contributed by atoms with E-state index in [0.29, 0.717) is 33.5 Å². The summed E-state index contributed by atoms with van der Waals surface area (Å²) in [6.07, 6.45) is 1.49. The molecule has 8 heteroatoms. The molecule has 0 bridgehead atoms. The van der Waals surface area contributed by atoms with Crippen LogP contribution < -0.4 is 19.5 Å². The molecule has 30 heavy (non-hydrogen) atoms. The Morgan fingerprint density at radius 1 is 0.967 bits per heavy atom. The number of amides is 2. The molecule has 0 aromatic heterocycles. The molecule has 0 saturated carbocycles. The van der Waals surface area contributed by atoms with Crippen LogP contribution in [0, 0.1) is 0 Å². The van der Waals surface area contributed by atoms with Crippen LogP contribution in [0.2, 0.25) is 5.02 Å². The summed E-state index contributed by atoms with van der Waals surface area (Å²) >= 11 is 6.11. The third-order valence-corrected chi connectivity index (χ3v) is 4.81. The van der Waals surface area contributed by atoms with E-state index in [9.17, 15) is 9.59 Å². The summed E-state index contributed by atoms with van der Waals surface area (Å²) in [6, 6.07) is 9.97. The molecule has 7 nitrogen and oxygen atoms in total. The van der Waals surface area contributed by atoms with Crippen LogP contribution >= 0.6 is 11.6 Å². The fourth-order valence-electron chi connectivity index (χ4n) is 3.16. The van der Waals surface area contributed by atoms with Gasteiger partial charge in [-0.3, -0.25) is 14.5 Å². The van der Waals surface area contributed by atoms with Crippen molar-refractivity contribution in [2.45, 2.75) is 0 Å². The molecule has 0 aliphatic carbocycles. The van der Waals surface area contributed by atoms with Crippen LogP contribution in [0.15, 0.2) is 54.8 Å². The van der Waals surface area contributed by atoms with Crippen molar-refractivity contribution in [1.29, 1.82) is 0 Å². The molecule has 1 N–H and O–H groups in total. The van der Waals surface area contributed by atoms with Crippen molar-refractivity contribution in [3.05, 3.63) is 65.3 Å².